The Morgan fingerprint density at radius 2 is 2.21 bits per heavy atom. The number of furan rings is 1. The molecule has 1 aromatic heterocycles. The Morgan fingerprint density at radius 3 is 2.93 bits per heavy atom. The summed E-state index contributed by atoms with van der Waals surface area (Å²) in [6.07, 6.45) is 1.73. The highest BCUT2D eigenvalue weighted by Gasteiger charge is 2.38. The number of benzene rings is 1. The number of amides is 1. The minimum atomic E-state index is -0.471. The fourth-order valence-corrected chi connectivity index (χ4v) is 4.61. The first kappa shape index (κ1) is 18.3. The van der Waals surface area contributed by atoms with Gasteiger partial charge in [-0.1, -0.05) is 23.9 Å². The minimum Gasteiger partial charge on any atom is -0.468 e. The molecule has 0 radical (unpaired) electrons. The number of non-ortho nitro benzene ring substituents is 1. The Morgan fingerprint density at radius 1 is 1.36 bits per heavy atom. The molecular weight excluding hydrogens is 380 g/mol. The molecule has 0 saturated carbocycles. The van der Waals surface area contributed by atoms with Crippen LogP contribution in [0.5, 0.6) is 0 Å². The molecule has 0 spiro atoms. The molecule has 0 aliphatic carbocycles. The standard InChI is InChI=1S/C19H16N4O4S/c20-9-17-16(13-3-1-4-14(7-13)23(25)26)8-18(24)22-11-21(12-28-19(17)22)10-15-5-2-6-27-15/h1-7,16H,8,10-12H2. The smallest absolute Gasteiger partial charge is 0.269 e. The first-order valence-corrected chi connectivity index (χ1v) is 9.62. The molecule has 4 rings (SSSR count). The van der Waals surface area contributed by atoms with Gasteiger partial charge in [-0.15, -0.1) is 0 Å². The quantitative estimate of drug-likeness (QED) is 0.576. The third kappa shape index (κ3) is 3.40. The number of nitro groups is 1. The molecule has 1 atom stereocenters. The van der Waals surface area contributed by atoms with Crippen LogP contribution in [0.15, 0.2) is 57.7 Å². The molecule has 142 valence electrons. The summed E-state index contributed by atoms with van der Waals surface area (Å²) in [6, 6.07) is 12.1. The van der Waals surface area contributed by atoms with Gasteiger partial charge in [-0.3, -0.25) is 24.7 Å². The zero-order valence-electron chi connectivity index (χ0n) is 14.8. The molecule has 0 N–H and O–H groups in total. The van der Waals surface area contributed by atoms with Gasteiger partial charge in [-0.2, -0.15) is 5.26 Å². The van der Waals surface area contributed by atoms with Crippen LogP contribution in [0.3, 0.4) is 0 Å². The molecule has 9 heteroatoms. The van der Waals surface area contributed by atoms with Crippen LogP contribution in [0, 0.1) is 21.4 Å². The molecule has 1 amide bonds. The number of rotatable bonds is 4. The molecule has 0 bridgehead atoms. The summed E-state index contributed by atoms with van der Waals surface area (Å²) in [7, 11) is 0. The Kier molecular flexibility index (Phi) is 4.90. The van der Waals surface area contributed by atoms with E-state index in [1.807, 2.05) is 12.1 Å². The van der Waals surface area contributed by atoms with Gasteiger partial charge in [-0.25, -0.2) is 0 Å². The molecule has 28 heavy (non-hydrogen) atoms. The molecule has 2 aromatic rings. The first-order valence-electron chi connectivity index (χ1n) is 8.63. The second-order valence-electron chi connectivity index (χ2n) is 6.58. The number of hydrogen-bond acceptors (Lipinski definition) is 7. The summed E-state index contributed by atoms with van der Waals surface area (Å²) in [5.74, 6) is 0.870. The van der Waals surface area contributed by atoms with E-state index in [0.29, 0.717) is 35.3 Å². The lowest BCUT2D eigenvalue weighted by Gasteiger charge is -2.41. The molecule has 8 nitrogen and oxygen atoms in total. The van der Waals surface area contributed by atoms with Crippen molar-refractivity contribution in [3.8, 4) is 6.07 Å². The van der Waals surface area contributed by atoms with Gasteiger partial charge in [0.2, 0.25) is 5.91 Å². The van der Waals surface area contributed by atoms with Crippen molar-refractivity contribution in [2.24, 2.45) is 0 Å². The molecule has 1 saturated heterocycles. The van der Waals surface area contributed by atoms with Gasteiger partial charge in [0.05, 0.1) is 46.9 Å². The van der Waals surface area contributed by atoms with Crippen LogP contribution in [0.1, 0.15) is 23.7 Å². The average Bonchev–Trinajstić information content (AvgIpc) is 3.21. The van der Waals surface area contributed by atoms with E-state index in [1.165, 1.54) is 23.9 Å². The van der Waals surface area contributed by atoms with E-state index in [9.17, 15) is 20.2 Å². The predicted molar refractivity (Wildman–Crippen MR) is 102 cm³/mol. The van der Waals surface area contributed by atoms with Crippen molar-refractivity contribution in [1.82, 2.24) is 9.80 Å². The second-order valence-corrected chi connectivity index (χ2v) is 7.52. The third-order valence-electron chi connectivity index (χ3n) is 4.79. The lowest BCUT2D eigenvalue weighted by atomic mass is 9.86. The molecule has 2 aliphatic rings. The molecule has 2 aliphatic heterocycles. The third-order valence-corrected chi connectivity index (χ3v) is 6.00. The maximum absolute atomic E-state index is 12.8. The van der Waals surface area contributed by atoms with E-state index >= 15 is 0 Å². The lowest BCUT2D eigenvalue weighted by molar-refractivity contribution is -0.384. The Balaban J connectivity index is 1.62. The number of allylic oxidation sites excluding steroid dienone is 1. The van der Waals surface area contributed by atoms with Gasteiger partial charge in [0.1, 0.15) is 5.76 Å². The lowest BCUT2D eigenvalue weighted by Crippen LogP contribution is -2.46. The highest BCUT2D eigenvalue weighted by Crippen LogP contribution is 2.43. The van der Waals surface area contributed by atoms with E-state index in [1.54, 1.807) is 23.3 Å². The van der Waals surface area contributed by atoms with Crippen LogP contribution in [-0.2, 0) is 11.3 Å². The van der Waals surface area contributed by atoms with E-state index in [0.717, 1.165) is 5.76 Å². The second kappa shape index (κ2) is 7.50. The van der Waals surface area contributed by atoms with Crippen molar-refractivity contribution in [3.05, 3.63) is 74.7 Å². The highest BCUT2D eigenvalue weighted by atomic mass is 32.2. The predicted octanol–water partition coefficient (Wildman–Crippen LogP) is 3.40. The highest BCUT2D eigenvalue weighted by molar-refractivity contribution is 8.03. The van der Waals surface area contributed by atoms with E-state index in [-0.39, 0.29) is 18.0 Å². The van der Waals surface area contributed by atoms with Crippen molar-refractivity contribution in [2.75, 3.05) is 12.5 Å². The van der Waals surface area contributed by atoms with Crippen molar-refractivity contribution < 1.29 is 14.1 Å². The fourth-order valence-electron chi connectivity index (χ4n) is 3.47. The monoisotopic (exact) mass is 396 g/mol. The summed E-state index contributed by atoms with van der Waals surface area (Å²) < 4.78 is 5.37. The number of hydrogen-bond donors (Lipinski definition) is 0. The van der Waals surface area contributed by atoms with Crippen molar-refractivity contribution >= 4 is 23.4 Å². The number of nitro benzene ring substituents is 1. The van der Waals surface area contributed by atoms with Crippen LogP contribution in [0.4, 0.5) is 5.69 Å². The molecular formula is C19H16N4O4S. The summed E-state index contributed by atoms with van der Waals surface area (Å²) in [4.78, 5) is 27.1. The van der Waals surface area contributed by atoms with Gasteiger partial charge in [0, 0.05) is 24.5 Å². The molecule has 1 aromatic carbocycles. The largest absolute Gasteiger partial charge is 0.468 e. The van der Waals surface area contributed by atoms with Crippen LogP contribution in [-0.4, -0.2) is 33.2 Å². The number of nitrogens with zero attached hydrogens (tertiary/aromatic N) is 4. The molecule has 1 fully saturated rings. The van der Waals surface area contributed by atoms with Crippen LogP contribution in [0.25, 0.3) is 0 Å². The minimum absolute atomic E-state index is 0.0458. The Bertz CT molecular complexity index is 996. The van der Waals surface area contributed by atoms with Gasteiger partial charge < -0.3 is 4.42 Å². The number of thioether (sulfide) groups is 1. The summed E-state index contributed by atoms with van der Waals surface area (Å²) in [5, 5.41) is 21.5. The van der Waals surface area contributed by atoms with Gasteiger partial charge in [0.15, 0.2) is 0 Å². The van der Waals surface area contributed by atoms with Crippen molar-refractivity contribution in [2.45, 2.75) is 18.9 Å². The number of fused-ring (bicyclic) bond motifs is 1. The molecule has 3 heterocycles. The van der Waals surface area contributed by atoms with Gasteiger partial charge in [-0.05, 0) is 17.7 Å². The van der Waals surface area contributed by atoms with Crippen LogP contribution >= 0.6 is 11.8 Å². The maximum Gasteiger partial charge on any atom is 0.269 e. The van der Waals surface area contributed by atoms with Gasteiger partial charge in [0.25, 0.3) is 5.69 Å². The van der Waals surface area contributed by atoms with E-state index < -0.39 is 10.8 Å². The fraction of sp³-hybridized carbons (Fsp3) is 0.263. The summed E-state index contributed by atoms with van der Waals surface area (Å²) in [5.41, 5.74) is 1.06. The van der Waals surface area contributed by atoms with E-state index in [2.05, 4.69) is 11.0 Å². The van der Waals surface area contributed by atoms with E-state index in [4.69, 9.17) is 4.42 Å². The number of nitriles is 1. The molecule has 1 unspecified atom stereocenters. The number of carbonyl (C=O) groups excluding carboxylic acids is 1. The Labute approximate surface area is 165 Å². The summed E-state index contributed by atoms with van der Waals surface area (Å²) in [6.45, 7) is 0.960. The van der Waals surface area contributed by atoms with Crippen LogP contribution < -0.4 is 0 Å². The zero-order valence-corrected chi connectivity index (χ0v) is 15.6. The van der Waals surface area contributed by atoms with Crippen molar-refractivity contribution in [1.29, 1.82) is 5.26 Å². The zero-order chi connectivity index (χ0) is 19.7. The SMILES string of the molecule is N#CC1=C2SCN(Cc3ccco3)CN2C(=O)CC1c1cccc([N+](=O)[O-])c1. The Hall–Kier alpha value is -3.09. The maximum atomic E-state index is 12.8. The number of carbonyl (C=O) groups is 1. The normalized spacial score (nSPS) is 20.0. The van der Waals surface area contributed by atoms with Crippen LogP contribution in [0.2, 0.25) is 0 Å². The topological polar surface area (TPSA) is 104 Å². The van der Waals surface area contributed by atoms with Gasteiger partial charge >= 0.3 is 0 Å². The summed E-state index contributed by atoms with van der Waals surface area (Å²) >= 11 is 1.44. The first-order chi connectivity index (χ1) is 13.6. The van der Waals surface area contributed by atoms with Crippen molar-refractivity contribution in [3.63, 3.8) is 0 Å². The average molecular weight is 396 g/mol.